The number of rotatable bonds is 7. The van der Waals surface area contributed by atoms with Crippen LogP contribution in [0.25, 0.3) is 0 Å². The van der Waals surface area contributed by atoms with Gasteiger partial charge in [0, 0.05) is 30.5 Å². The highest BCUT2D eigenvalue weighted by Gasteiger charge is 2.43. The van der Waals surface area contributed by atoms with Crippen molar-refractivity contribution < 1.29 is 23.6 Å². The fraction of sp³-hybridized carbons (Fsp3) is 0.542. The first kappa shape index (κ1) is 26.2. The molecule has 2 rings (SSSR count). The van der Waals surface area contributed by atoms with Crippen LogP contribution in [0.1, 0.15) is 53.5 Å². The normalized spacial score (nSPS) is 17.0. The second-order valence-electron chi connectivity index (χ2n) is 10.1. The fourth-order valence-corrected chi connectivity index (χ4v) is 3.17. The summed E-state index contributed by atoms with van der Waals surface area (Å²) >= 11 is 0. The average molecular weight is 461 g/mol. The molecule has 1 atom stereocenters. The van der Waals surface area contributed by atoms with Crippen LogP contribution in [0, 0.1) is 16.6 Å². The van der Waals surface area contributed by atoms with Crippen LogP contribution in [0.5, 0.6) is 0 Å². The maximum absolute atomic E-state index is 13.1. The molecule has 33 heavy (non-hydrogen) atoms. The molecule has 2 N–H and O–H groups in total. The Morgan fingerprint density at radius 1 is 1.03 bits per heavy atom. The molecule has 0 saturated heterocycles. The third-order valence-electron chi connectivity index (χ3n) is 5.04. The van der Waals surface area contributed by atoms with Crippen LogP contribution in [0.2, 0.25) is 0 Å². The minimum Gasteiger partial charge on any atom is -0.356 e. The summed E-state index contributed by atoms with van der Waals surface area (Å²) in [6, 6.07) is 4.12. The first-order chi connectivity index (χ1) is 15.2. The number of amidine groups is 1. The standard InChI is InChI=1S/C24H33FN4O4/c1-23(2,3)21-28-17(19(31)27-14-15-8-10-16(25)11-9-15)18(30)20(32)29(21)13-7-12-26-22(33)24(4,5)6/h8-11,17H,7,12-14H2,1-6H3,(H,26,33)(H,27,31). The summed E-state index contributed by atoms with van der Waals surface area (Å²) in [6.07, 6.45) is 0.428. The smallest absolute Gasteiger partial charge is 0.298 e. The molecule has 0 saturated carbocycles. The highest BCUT2D eigenvalue weighted by molar-refractivity contribution is 6.46. The molecule has 0 spiro atoms. The lowest BCUT2D eigenvalue weighted by Gasteiger charge is -2.36. The molecule has 0 fully saturated rings. The number of carbonyl (C=O) groups is 4. The molecule has 1 aliphatic rings. The van der Waals surface area contributed by atoms with E-state index >= 15 is 0 Å². The van der Waals surface area contributed by atoms with Crippen LogP contribution in [0.4, 0.5) is 4.39 Å². The van der Waals surface area contributed by atoms with Crippen molar-refractivity contribution in [3.05, 3.63) is 35.6 Å². The van der Waals surface area contributed by atoms with Crippen molar-refractivity contribution in [1.82, 2.24) is 15.5 Å². The Kier molecular flexibility index (Phi) is 8.11. The van der Waals surface area contributed by atoms with Crippen molar-refractivity contribution in [3.8, 4) is 0 Å². The number of nitrogens with one attached hydrogen (secondary N) is 2. The Balaban J connectivity index is 2.11. The van der Waals surface area contributed by atoms with E-state index in [-0.39, 0.29) is 19.0 Å². The van der Waals surface area contributed by atoms with E-state index in [2.05, 4.69) is 15.6 Å². The number of amides is 3. The molecular formula is C24H33FN4O4. The Morgan fingerprint density at radius 3 is 2.18 bits per heavy atom. The molecule has 1 heterocycles. The Hall–Kier alpha value is -3.10. The van der Waals surface area contributed by atoms with Gasteiger partial charge >= 0.3 is 0 Å². The Labute approximate surface area is 194 Å². The van der Waals surface area contributed by atoms with E-state index in [1.165, 1.54) is 29.2 Å². The first-order valence-corrected chi connectivity index (χ1v) is 11.0. The Morgan fingerprint density at radius 2 is 1.64 bits per heavy atom. The first-order valence-electron chi connectivity index (χ1n) is 11.0. The second kappa shape index (κ2) is 10.2. The number of carbonyl (C=O) groups excluding carboxylic acids is 4. The van der Waals surface area contributed by atoms with E-state index in [9.17, 15) is 23.6 Å². The molecule has 8 nitrogen and oxygen atoms in total. The predicted octanol–water partition coefficient (Wildman–Crippen LogP) is 2.22. The fourth-order valence-electron chi connectivity index (χ4n) is 3.17. The van der Waals surface area contributed by atoms with Gasteiger partial charge in [-0.1, -0.05) is 53.7 Å². The largest absolute Gasteiger partial charge is 0.356 e. The topological polar surface area (TPSA) is 108 Å². The van der Waals surface area contributed by atoms with Gasteiger partial charge in [0.15, 0.2) is 6.04 Å². The van der Waals surface area contributed by atoms with Gasteiger partial charge in [-0.2, -0.15) is 0 Å². The molecule has 180 valence electrons. The third-order valence-corrected chi connectivity index (χ3v) is 5.04. The molecule has 1 unspecified atom stereocenters. The van der Waals surface area contributed by atoms with Gasteiger partial charge in [0.05, 0.1) is 0 Å². The number of halogens is 1. The summed E-state index contributed by atoms with van der Waals surface area (Å²) in [5.41, 5.74) is -0.470. The summed E-state index contributed by atoms with van der Waals surface area (Å²) in [7, 11) is 0. The lowest BCUT2D eigenvalue weighted by atomic mass is 9.91. The second-order valence-corrected chi connectivity index (χ2v) is 10.1. The van der Waals surface area contributed by atoms with Gasteiger partial charge in [-0.15, -0.1) is 0 Å². The summed E-state index contributed by atoms with van der Waals surface area (Å²) in [5, 5.41) is 5.41. The maximum Gasteiger partial charge on any atom is 0.298 e. The summed E-state index contributed by atoms with van der Waals surface area (Å²) < 4.78 is 13.1. The number of aliphatic imine (C=N–C) groups is 1. The number of ketones is 1. The quantitative estimate of drug-likeness (QED) is 0.370. The number of hydrogen-bond acceptors (Lipinski definition) is 5. The zero-order valence-corrected chi connectivity index (χ0v) is 20.1. The van der Waals surface area contributed by atoms with Gasteiger partial charge in [-0.3, -0.25) is 24.1 Å². The molecule has 1 aromatic rings. The van der Waals surface area contributed by atoms with Crippen molar-refractivity contribution in [1.29, 1.82) is 0 Å². The van der Waals surface area contributed by atoms with Crippen LogP contribution in [-0.4, -0.2) is 53.4 Å². The molecule has 0 radical (unpaired) electrons. The van der Waals surface area contributed by atoms with Gasteiger partial charge in [-0.25, -0.2) is 9.38 Å². The van der Waals surface area contributed by atoms with Crippen molar-refractivity contribution in [2.75, 3.05) is 13.1 Å². The van der Waals surface area contributed by atoms with E-state index in [0.29, 0.717) is 24.4 Å². The van der Waals surface area contributed by atoms with Gasteiger partial charge < -0.3 is 10.6 Å². The molecule has 9 heteroatoms. The lowest BCUT2D eigenvalue weighted by molar-refractivity contribution is -0.146. The van der Waals surface area contributed by atoms with Gasteiger partial charge in [0.1, 0.15) is 11.7 Å². The molecule has 0 aliphatic carbocycles. The zero-order valence-electron chi connectivity index (χ0n) is 20.1. The van der Waals surface area contributed by atoms with E-state index in [4.69, 9.17) is 0 Å². The van der Waals surface area contributed by atoms with Crippen LogP contribution in [-0.2, 0) is 25.7 Å². The highest BCUT2D eigenvalue weighted by atomic mass is 19.1. The van der Waals surface area contributed by atoms with Gasteiger partial charge in [0.25, 0.3) is 17.6 Å². The number of nitrogens with zero attached hydrogens (tertiary/aromatic N) is 2. The summed E-state index contributed by atoms with van der Waals surface area (Å²) in [6.45, 7) is 11.6. The van der Waals surface area contributed by atoms with Gasteiger partial charge in [-0.05, 0) is 24.1 Å². The molecular weight excluding hydrogens is 427 g/mol. The van der Waals surface area contributed by atoms with Crippen LogP contribution in [0.3, 0.4) is 0 Å². The molecule has 0 aromatic heterocycles. The van der Waals surface area contributed by atoms with Crippen molar-refractivity contribution in [2.45, 2.75) is 60.5 Å². The molecule has 0 bridgehead atoms. The van der Waals surface area contributed by atoms with E-state index in [1.807, 2.05) is 20.8 Å². The predicted molar refractivity (Wildman–Crippen MR) is 123 cm³/mol. The molecule has 1 aliphatic heterocycles. The number of benzene rings is 1. The monoisotopic (exact) mass is 460 g/mol. The number of Topliss-reactive ketones (excluding diaryl/α,β-unsaturated/α-hetero) is 1. The molecule has 3 amide bonds. The minimum atomic E-state index is -1.47. The number of hydrogen-bond donors (Lipinski definition) is 2. The van der Waals surface area contributed by atoms with Crippen LogP contribution >= 0.6 is 0 Å². The lowest BCUT2D eigenvalue weighted by Crippen LogP contribution is -2.57. The minimum absolute atomic E-state index is 0.0780. The highest BCUT2D eigenvalue weighted by Crippen LogP contribution is 2.24. The van der Waals surface area contributed by atoms with Crippen LogP contribution < -0.4 is 10.6 Å². The zero-order chi connectivity index (χ0) is 25.0. The average Bonchev–Trinajstić information content (AvgIpc) is 2.71. The van der Waals surface area contributed by atoms with Crippen molar-refractivity contribution in [3.63, 3.8) is 0 Å². The molecule has 1 aromatic carbocycles. The van der Waals surface area contributed by atoms with Crippen LogP contribution in [0.15, 0.2) is 29.3 Å². The van der Waals surface area contributed by atoms with Crippen molar-refractivity contribution in [2.24, 2.45) is 15.8 Å². The SMILES string of the molecule is CC(C)(C)C(=O)NCCCN1C(=O)C(=O)C(C(=O)NCc2ccc(F)cc2)N=C1C(C)(C)C. The van der Waals surface area contributed by atoms with E-state index in [1.54, 1.807) is 20.8 Å². The third kappa shape index (κ3) is 6.94. The summed E-state index contributed by atoms with van der Waals surface area (Å²) in [4.78, 5) is 55.9. The van der Waals surface area contributed by atoms with Gasteiger partial charge in [0.2, 0.25) is 5.91 Å². The van der Waals surface area contributed by atoms with Crippen molar-refractivity contribution >= 4 is 29.3 Å². The van der Waals surface area contributed by atoms with E-state index in [0.717, 1.165) is 0 Å². The Bertz CT molecular complexity index is 943. The van der Waals surface area contributed by atoms with E-state index < -0.39 is 40.3 Å². The maximum atomic E-state index is 13.1. The summed E-state index contributed by atoms with van der Waals surface area (Å²) in [5.74, 6) is -2.54.